The number of aliphatic hydroxyl groups is 2. The summed E-state index contributed by atoms with van der Waals surface area (Å²) in [5.41, 5.74) is -1.18. The van der Waals surface area contributed by atoms with Gasteiger partial charge in [-0.3, -0.25) is 4.79 Å². The maximum absolute atomic E-state index is 13.9. The molecule has 0 aromatic carbocycles. The SMILES string of the molecule is CC1CCC(C(C)C(O)CCC(CC(O)C(C)C2CCC(C)C3CCC4(C)OCC32OO4)C(=O)NC[Si](C)(C)C)C23COC(C)(CCC12)OO3. The third-order valence-electron chi connectivity index (χ3n) is 14.5. The molecule has 1 amide bonds. The van der Waals surface area contributed by atoms with Crippen molar-refractivity contribution in [1.82, 2.24) is 5.32 Å². The Morgan fingerprint density at radius 1 is 0.740 bits per heavy atom. The zero-order chi connectivity index (χ0) is 36.3. The summed E-state index contributed by atoms with van der Waals surface area (Å²) in [6.07, 6.45) is 8.19. The minimum atomic E-state index is -1.55. The molecule has 11 heteroatoms. The number of fused-ring (bicyclic) bond motifs is 6. The zero-order valence-electron chi connectivity index (χ0n) is 32.5. The number of rotatable bonds is 12. The first-order valence-corrected chi connectivity index (χ1v) is 23.8. The fraction of sp³-hybridized carbons (Fsp3) is 0.974. The number of nitrogens with one attached hydrogen (secondary N) is 1. The fourth-order valence-corrected chi connectivity index (χ4v) is 11.7. The van der Waals surface area contributed by atoms with Crippen LogP contribution in [0.4, 0.5) is 0 Å². The van der Waals surface area contributed by atoms with Crippen LogP contribution in [0, 0.1) is 53.3 Å². The molecule has 6 aliphatic heterocycles. The molecule has 6 saturated heterocycles. The number of aliphatic hydroxyl groups excluding tert-OH is 2. The molecule has 8 fully saturated rings. The van der Waals surface area contributed by atoms with E-state index in [0.717, 1.165) is 51.4 Å². The van der Waals surface area contributed by atoms with Gasteiger partial charge in [-0.15, -0.1) is 0 Å². The van der Waals surface area contributed by atoms with Crippen LogP contribution < -0.4 is 5.32 Å². The molecule has 8 rings (SSSR count). The Kier molecular flexibility index (Phi) is 11.4. The Morgan fingerprint density at radius 2 is 1.22 bits per heavy atom. The zero-order valence-corrected chi connectivity index (χ0v) is 33.5. The molecule has 288 valence electrons. The molecule has 6 heterocycles. The summed E-state index contributed by atoms with van der Waals surface area (Å²) in [6.45, 7) is 20.4. The van der Waals surface area contributed by atoms with Gasteiger partial charge in [-0.1, -0.05) is 47.3 Å². The first kappa shape index (κ1) is 39.1. The van der Waals surface area contributed by atoms with Crippen molar-refractivity contribution < 1.29 is 44.0 Å². The van der Waals surface area contributed by atoms with E-state index < -0.39 is 49.0 Å². The highest BCUT2D eigenvalue weighted by atomic mass is 28.3. The Bertz CT molecular complexity index is 1180. The van der Waals surface area contributed by atoms with E-state index in [4.69, 9.17) is 29.0 Å². The van der Waals surface area contributed by atoms with Gasteiger partial charge >= 0.3 is 0 Å². The summed E-state index contributed by atoms with van der Waals surface area (Å²) in [4.78, 5) is 38.4. The van der Waals surface area contributed by atoms with Crippen LogP contribution in [0.15, 0.2) is 0 Å². The van der Waals surface area contributed by atoms with Crippen molar-refractivity contribution in [3.63, 3.8) is 0 Å². The van der Waals surface area contributed by atoms with Crippen LogP contribution in [0.1, 0.15) is 112 Å². The molecular weight excluding hydrogens is 655 g/mol. The average molecular weight is 724 g/mol. The van der Waals surface area contributed by atoms with E-state index in [1.807, 2.05) is 13.8 Å². The van der Waals surface area contributed by atoms with Gasteiger partial charge in [-0.25, -0.2) is 19.6 Å². The molecule has 4 bridgehead atoms. The second-order valence-electron chi connectivity index (χ2n) is 19.3. The van der Waals surface area contributed by atoms with E-state index in [0.29, 0.717) is 62.3 Å². The number of carbonyl (C=O) groups is 1. The number of hydrogen-bond acceptors (Lipinski definition) is 9. The molecule has 8 aliphatic rings. The molecule has 0 aromatic heterocycles. The summed E-state index contributed by atoms with van der Waals surface area (Å²) in [7, 11) is -1.55. The van der Waals surface area contributed by atoms with E-state index in [9.17, 15) is 15.0 Å². The molecular formula is C39H69NO9Si. The quantitative estimate of drug-likeness (QED) is 0.152. The van der Waals surface area contributed by atoms with Crippen LogP contribution in [-0.4, -0.2) is 78.6 Å². The molecule has 50 heavy (non-hydrogen) atoms. The minimum Gasteiger partial charge on any atom is -0.393 e. The largest absolute Gasteiger partial charge is 0.393 e. The number of ether oxygens (including phenoxy) is 2. The minimum absolute atomic E-state index is 0.0248. The van der Waals surface area contributed by atoms with E-state index in [-0.39, 0.29) is 29.6 Å². The Balaban J connectivity index is 1.15. The standard InChI is InChI=1S/C39H69NO9Si/c1-24-10-13-31(38-21-44-36(5,46-48-38)18-16-29(24)38)26(3)33(41)15-12-28(35(43)40-23-50(7,8)9)20-34(42)27(4)32-14-11-25(2)30-17-19-37(6)45-22-39(30,32)49-47-37/h24-34,41-42H,10-23H2,1-9H3,(H,40,43). The van der Waals surface area contributed by atoms with Gasteiger partial charge in [0.2, 0.25) is 5.91 Å². The summed E-state index contributed by atoms with van der Waals surface area (Å²) in [5, 5.41) is 27.0. The van der Waals surface area contributed by atoms with Crippen LogP contribution in [0.25, 0.3) is 0 Å². The van der Waals surface area contributed by atoms with Gasteiger partial charge in [0, 0.05) is 24.9 Å². The molecule has 0 radical (unpaired) electrons. The van der Waals surface area contributed by atoms with Crippen LogP contribution in [0.2, 0.25) is 19.6 Å². The van der Waals surface area contributed by atoms with Crippen molar-refractivity contribution in [2.45, 2.75) is 167 Å². The molecule has 2 spiro atoms. The van der Waals surface area contributed by atoms with Crippen molar-refractivity contribution in [1.29, 1.82) is 0 Å². The first-order valence-electron chi connectivity index (χ1n) is 20.1. The Hall–Kier alpha value is -0.633. The summed E-state index contributed by atoms with van der Waals surface area (Å²) in [5.74, 6) is -0.377. The van der Waals surface area contributed by atoms with E-state index in [2.05, 4.69) is 52.7 Å². The lowest BCUT2D eigenvalue weighted by molar-refractivity contribution is -0.517. The molecule has 10 nitrogen and oxygen atoms in total. The van der Waals surface area contributed by atoms with Gasteiger partial charge < -0.3 is 25.0 Å². The molecule has 2 aliphatic carbocycles. The van der Waals surface area contributed by atoms with Gasteiger partial charge in [-0.2, -0.15) is 0 Å². The van der Waals surface area contributed by atoms with Crippen LogP contribution in [0.3, 0.4) is 0 Å². The highest BCUT2D eigenvalue weighted by molar-refractivity contribution is 6.76. The molecule has 0 aromatic rings. The van der Waals surface area contributed by atoms with Crippen molar-refractivity contribution >= 4 is 14.0 Å². The van der Waals surface area contributed by atoms with Crippen LogP contribution in [0.5, 0.6) is 0 Å². The van der Waals surface area contributed by atoms with Crippen molar-refractivity contribution in [3.05, 3.63) is 0 Å². The predicted molar refractivity (Wildman–Crippen MR) is 192 cm³/mol. The maximum atomic E-state index is 13.9. The highest BCUT2D eigenvalue weighted by Gasteiger charge is 2.62. The van der Waals surface area contributed by atoms with E-state index in [1.165, 1.54) is 0 Å². The number of amides is 1. The number of carbonyl (C=O) groups excluding carboxylic acids is 1. The first-order chi connectivity index (χ1) is 23.4. The number of hydrogen-bond donors (Lipinski definition) is 3. The van der Waals surface area contributed by atoms with Crippen LogP contribution >= 0.6 is 0 Å². The van der Waals surface area contributed by atoms with Crippen molar-refractivity contribution in [2.24, 2.45) is 53.3 Å². The van der Waals surface area contributed by atoms with Gasteiger partial charge in [0.25, 0.3) is 0 Å². The highest BCUT2D eigenvalue weighted by Crippen LogP contribution is 2.57. The predicted octanol–water partition coefficient (Wildman–Crippen LogP) is 6.54. The van der Waals surface area contributed by atoms with Crippen molar-refractivity contribution in [2.75, 3.05) is 19.4 Å². The smallest absolute Gasteiger partial charge is 0.222 e. The summed E-state index contributed by atoms with van der Waals surface area (Å²) < 4.78 is 12.6. The summed E-state index contributed by atoms with van der Waals surface area (Å²) in [6, 6.07) is 0. The Morgan fingerprint density at radius 3 is 1.66 bits per heavy atom. The van der Waals surface area contributed by atoms with Gasteiger partial charge in [-0.05, 0) is 119 Å². The Labute approximate surface area is 302 Å². The van der Waals surface area contributed by atoms with Gasteiger partial charge in [0.1, 0.15) is 11.2 Å². The second kappa shape index (κ2) is 14.5. The fourth-order valence-electron chi connectivity index (χ4n) is 11.0. The van der Waals surface area contributed by atoms with Gasteiger partial charge in [0.05, 0.1) is 33.5 Å². The second-order valence-corrected chi connectivity index (χ2v) is 24.8. The third-order valence-corrected chi connectivity index (χ3v) is 15.7. The lowest BCUT2D eigenvalue weighted by Crippen LogP contribution is -2.61. The van der Waals surface area contributed by atoms with E-state index >= 15 is 0 Å². The monoisotopic (exact) mass is 723 g/mol. The topological polar surface area (TPSA) is 125 Å². The summed E-state index contributed by atoms with van der Waals surface area (Å²) >= 11 is 0. The maximum Gasteiger partial charge on any atom is 0.222 e. The lowest BCUT2D eigenvalue weighted by atomic mass is 9.58. The normalized spacial score (nSPS) is 44.5. The van der Waals surface area contributed by atoms with Crippen molar-refractivity contribution in [3.8, 4) is 0 Å². The molecule has 3 N–H and O–H groups in total. The van der Waals surface area contributed by atoms with Crippen LogP contribution in [-0.2, 0) is 33.8 Å². The average Bonchev–Trinajstić information content (AvgIpc) is 3.47. The molecule has 2 saturated carbocycles. The molecule has 15 atom stereocenters. The lowest BCUT2D eigenvalue weighted by Gasteiger charge is -2.54. The van der Waals surface area contributed by atoms with E-state index in [1.54, 1.807) is 0 Å². The molecule has 15 unspecified atom stereocenters. The third kappa shape index (κ3) is 7.52. The van der Waals surface area contributed by atoms with Gasteiger partial charge in [0.15, 0.2) is 11.6 Å².